The molecule has 180 valence electrons. The summed E-state index contributed by atoms with van der Waals surface area (Å²) in [5, 5.41) is 20.4. The molecule has 0 aliphatic carbocycles. The average Bonchev–Trinajstić information content (AvgIpc) is 2.81. The van der Waals surface area contributed by atoms with Gasteiger partial charge in [0.15, 0.2) is 0 Å². The number of benzene rings is 1. The maximum Gasteiger partial charge on any atom is 0.500 e. The molecule has 33 heavy (non-hydrogen) atoms. The molecule has 0 radical (unpaired) electrons. The van der Waals surface area contributed by atoms with Crippen molar-refractivity contribution in [2.45, 2.75) is 33.2 Å². The maximum atomic E-state index is 12.0. The van der Waals surface area contributed by atoms with Gasteiger partial charge in [-0.3, -0.25) is 0 Å². The van der Waals surface area contributed by atoms with Crippen molar-refractivity contribution in [1.82, 2.24) is 5.32 Å². The third-order valence-electron chi connectivity index (χ3n) is 4.57. The number of anilines is 1. The van der Waals surface area contributed by atoms with Crippen molar-refractivity contribution in [3.63, 3.8) is 0 Å². The van der Waals surface area contributed by atoms with Gasteiger partial charge in [-0.15, -0.1) is 0 Å². The Morgan fingerprint density at radius 3 is 2.15 bits per heavy atom. The zero-order valence-corrected chi connectivity index (χ0v) is 20.9. The minimum atomic E-state index is -2.70. The first kappa shape index (κ1) is 28.1. The van der Waals surface area contributed by atoms with E-state index in [2.05, 4.69) is 5.32 Å². The van der Waals surface area contributed by atoms with E-state index in [9.17, 15) is 4.79 Å². The highest BCUT2D eigenvalue weighted by molar-refractivity contribution is 6.60. The Bertz CT molecular complexity index is 800. The summed E-state index contributed by atoms with van der Waals surface area (Å²) in [6.45, 7) is 8.50. The van der Waals surface area contributed by atoms with Gasteiger partial charge >= 0.3 is 14.9 Å². The van der Waals surface area contributed by atoms with Gasteiger partial charge in [0, 0.05) is 45.1 Å². The van der Waals surface area contributed by atoms with Crippen LogP contribution in [-0.2, 0) is 18.0 Å². The number of carbonyl (C=O) groups excluding carboxylic acids is 1. The topological polar surface area (TPSA) is 117 Å². The van der Waals surface area contributed by atoms with E-state index in [1.54, 1.807) is 0 Å². The Balaban J connectivity index is 2.38. The van der Waals surface area contributed by atoms with Crippen molar-refractivity contribution in [2.24, 2.45) is 0 Å². The van der Waals surface area contributed by atoms with Crippen molar-refractivity contribution in [3.8, 4) is 12.1 Å². The molecule has 0 bridgehead atoms. The van der Waals surface area contributed by atoms with Crippen molar-refractivity contribution >= 4 is 26.7 Å². The molecular formula is C23H34N4O5Si. The molecule has 0 aliphatic heterocycles. The summed E-state index contributed by atoms with van der Waals surface area (Å²) >= 11 is 0. The van der Waals surface area contributed by atoms with Crippen LogP contribution in [0.15, 0.2) is 29.8 Å². The zero-order chi connectivity index (χ0) is 24.5. The lowest BCUT2D eigenvalue weighted by Gasteiger charge is -2.28. The van der Waals surface area contributed by atoms with E-state index < -0.39 is 14.9 Å². The van der Waals surface area contributed by atoms with E-state index >= 15 is 0 Å². The summed E-state index contributed by atoms with van der Waals surface area (Å²) in [5.41, 5.74) is 1.75. The molecule has 0 heterocycles. The summed E-state index contributed by atoms with van der Waals surface area (Å²) in [6, 6.07) is 11.7. The Morgan fingerprint density at radius 2 is 1.64 bits per heavy atom. The average molecular weight is 475 g/mol. The van der Waals surface area contributed by atoms with Gasteiger partial charge in [0.05, 0.1) is 6.54 Å². The van der Waals surface area contributed by atoms with Gasteiger partial charge in [0.2, 0.25) is 0 Å². The number of carbonyl (C=O) groups is 1. The first-order valence-corrected chi connectivity index (χ1v) is 13.0. The van der Waals surface area contributed by atoms with E-state index in [1.165, 1.54) is 6.08 Å². The van der Waals surface area contributed by atoms with Gasteiger partial charge in [0.1, 0.15) is 24.3 Å². The van der Waals surface area contributed by atoms with Crippen molar-refractivity contribution in [1.29, 1.82) is 10.5 Å². The van der Waals surface area contributed by atoms with Crippen LogP contribution in [0, 0.1) is 22.7 Å². The van der Waals surface area contributed by atoms with Gasteiger partial charge in [-0.2, -0.15) is 10.5 Å². The number of rotatable bonds is 15. The Morgan fingerprint density at radius 1 is 1.06 bits per heavy atom. The number of allylic oxidation sites excluding steroid dienone is 1. The van der Waals surface area contributed by atoms with Crippen LogP contribution in [0.2, 0.25) is 6.04 Å². The molecule has 0 atom stereocenters. The van der Waals surface area contributed by atoms with E-state index in [0.29, 0.717) is 45.4 Å². The van der Waals surface area contributed by atoms with Gasteiger partial charge in [0.25, 0.3) is 0 Å². The monoisotopic (exact) mass is 474 g/mol. The standard InChI is InChI=1S/C23H34N4O5Si/c1-5-30-33(31-6-2,32-7-3)16-8-13-26-23(28)29-15-14-27(4)22-11-9-20(10-12-22)17-21(18-24)19-25/h9-12,17H,5-8,13-16H2,1-4H3,(H,26,28). The van der Waals surface area contributed by atoms with Crippen LogP contribution >= 0.6 is 0 Å². The fourth-order valence-corrected chi connectivity index (χ4v) is 5.65. The molecule has 0 spiro atoms. The summed E-state index contributed by atoms with van der Waals surface area (Å²) < 4.78 is 22.7. The second-order valence-corrected chi connectivity index (χ2v) is 9.68. The first-order chi connectivity index (χ1) is 15.9. The Labute approximate surface area is 197 Å². The maximum absolute atomic E-state index is 12.0. The van der Waals surface area contributed by atoms with Gasteiger partial charge in [-0.05, 0) is 51.0 Å². The molecule has 0 aromatic heterocycles. The molecule has 1 aromatic rings. The molecule has 1 aromatic carbocycles. The summed E-state index contributed by atoms with van der Waals surface area (Å²) in [4.78, 5) is 13.9. The van der Waals surface area contributed by atoms with Gasteiger partial charge < -0.3 is 28.2 Å². The number of alkyl carbamates (subject to hydrolysis) is 1. The number of amides is 1. The highest BCUT2D eigenvalue weighted by atomic mass is 28.4. The van der Waals surface area contributed by atoms with Gasteiger partial charge in [-0.1, -0.05) is 12.1 Å². The second kappa shape index (κ2) is 15.8. The van der Waals surface area contributed by atoms with Crippen molar-refractivity contribution < 1.29 is 22.8 Å². The summed E-state index contributed by atoms with van der Waals surface area (Å²) in [7, 11) is -0.807. The normalized spacial score (nSPS) is 10.6. The van der Waals surface area contributed by atoms with Crippen LogP contribution in [0.5, 0.6) is 0 Å². The first-order valence-electron chi connectivity index (χ1n) is 11.1. The van der Waals surface area contributed by atoms with Crippen molar-refractivity contribution in [3.05, 3.63) is 35.4 Å². The van der Waals surface area contributed by atoms with Gasteiger partial charge in [-0.25, -0.2) is 4.79 Å². The minimum Gasteiger partial charge on any atom is -0.448 e. The molecule has 1 N–H and O–H groups in total. The lowest BCUT2D eigenvalue weighted by molar-refractivity contribution is 0.0706. The third kappa shape index (κ3) is 10.5. The lowest BCUT2D eigenvalue weighted by atomic mass is 10.1. The van der Waals surface area contributed by atoms with Crippen LogP contribution in [0.3, 0.4) is 0 Å². The highest BCUT2D eigenvalue weighted by Crippen LogP contribution is 2.18. The summed E-state index contributed by atoms with van der Waals surface area (Å²) in [5.74, 6) is 0. The van der Waals surface area contributed by atoms with E-state index in [0.717, 1.165) is 11.3 Å². The molecule has 0 unspecified atom stereocenters. The lowest BCUT2D eigenvalue weighted by Crippen LogP contribution is -2.46. The summed E-state index contributed by atoms with van der Waals surface area (Å²) in [6.07, 6.45) is 1.73. The van der Waals surface area contributed by atoms with Crippen molar-refractivity contribution in [2.75, 3.05) is 51.5 Å². The number of likely N-dealkylation sites (N-methyl/N-ethyl adjacent to an activating group) is 1. The molecule has 0 aliphatic rings. The molecule has 0 fully saturated rings. The van der Waals surface area contributed by atoms with Crippen LogP contribution in [0.1, 0.15) is 32.8 Å². The molecular weight excluding hydrogens is 440 g/mol. The van der Waals surface area contributed by atoms with Crippen LogP contribution in [-0.4, -0.2) is 61.5 Å². The van der Waals surface area contributed by atoms with E-state index in [1.807, 2.05) is 69.1 Å². The fraction of sp³-hybridized carbons (Fsp3) is 0.522. The second-order valence-electron chi connectivity index (χ2n) is 6.94. The molecule has 0 saturated carbocycles. The van der Waals surface area contributed by atoms with Crippen LogP contribution < -0.4 is 10.2 Å². The Kier molecular flexibility index (Phi) is 13.5. The quantitative estimate of drug-likeness (QED) is 0.232. The SMILES string of the molecule is CCO[Si](CCCNC(=O)OCCN(C)c1ccc(C=C(C#N)C#N)cc1)(OCC)OCC. The van der Waals surface area contributed by atoms with E-state index in [4.69, 9.17) is 28.5 Å². The van der Waals surface area contributed by atoms with Crippen LogP contribution in [0.25, 0.3) is 6.08 Å². The van der Waals surface area contributed by atoms with Crippen LogP contribution in [0.4, 0.5) is 10.5 Å². The molecule has 10 heteroatoms. The zero-order valence-electron chi connectivity index (χ0n) is 19.9. The largest absolute Gasteiger partial charge is 0.500 e. The number of hydrogen-bond donors (Lipinski definition) is 1. The number of nitriles is 2. The molecule has 1 rings (SSSR count). The number of nitrogens with zero attached hydrogens (tertiary/aromatic N) is 3. The number of nitrogens with one attached hydrogen (secondary N) is 1. The minimum absolute atomic E-state index is 0.0530. The highest BCUT2D eigenvalue weighted by Gasteiger charge is 2.39. The fourth-order valence-electron chi connectivity index (χ4n) is 3.03. The predicted molar refractivity (Wildman–Crippen MR) is 128 cm³/mol. The third-order valence-corrected chi connectivity index (χ3v) is 7.72. The smallest absolute Gasteiger partial charge is 0.448 e. The Hall–Kier alpha value is -2.89. The molecule has 1 amide bonds. The van der Waals surface area contributed by atoms with E-state index in [-0.39, 0.29) is 12.2 Å². The molecule has 0 saturated heterocycles. The number of hydrogen-bond acceptors (Lipinski definition) is 8. The predicted octanol–water partition coefficient (Wildman–Crippen LogP) is 3.72. The molecule has 9 nitrogen and oxygen atoms in total. The number of ether oxygens (including phenoxy) is 1.